The van der Waals surface area contributed by atoms with Crippen molar-refractivity contribution in [3.63, 3.8) is 0 Å². The normalized spacial score (nSPS) is 16.3. The molecule has 0 radical (unpaired) electrons. The number of ether oxygens (including phenoxy) is 2. The van der Waals surface area contributed by atoms with Crippen molar-refractivity contribution < 1.29 is 23.9 Å². The Morgan fingerprint density at radius 3 is 2.26 bits per heavy atom. The van der Waals surface area contributed by atoms with Gasteiger partial charge in [-0.2, -0.15) is 0 Å². The highest BCUT2D eigenvalue weighted by atomic mass is 35.5. The van der Waals surface area contributed by atoms with Crippen molar-refractivity contribution in [1.29, 1.82) is 0 Å². The fourth-order valence-electron chi connectivity index (χ4n) is 4.25. The van der Waals surface area contributed by atoms with E-state index in [1.54, 1.807) is 47.4 Å². The first-order valence-electron chi connectivity index (χ1n) is 11.4. The monoisotopic (exact) mass is 485 g/mol. The van der Waals surface area contributed by atoms with Gasteiger partial charge in [0.05, 0.1) is 0 Å². The molecule has 8 nitrogen and oxygen atoms in total. The summed E-state index contributed by atoms with van der Waals surface area (Å²) < 4.78 is 10.7. The Kier molecular flexibility index (Phi) is 7.26. The predicted octanol–water partition coefficient (Wildman–Crippen LogP) is 3.24. The third-order valence-corrected chi connectivity index (χ3v) is 6.28. The van der Waals surface area contributed by atoms with E-state index in [2.05, 4.69) is 10.6 Å². The number of nitrogens with one attached hydrogen (secondary N) is 2. The number of carbonyl (C=O) groups is 3. The van der Waals surface area contributed by atoms with E-state index in [0.717, 1.165) is 0 Å². The molecule has 0 spiro atoms. The summed E-state index contributed by atoms with van der Waals surface area (Å²) in [4.78, 5) is 40.6. The zero-order chi connectivity index (χ0) is 24.2. The molecule has 2 aromatic carbocycles. The zero-order valence-electron chi connectivity index (χ0n) is 19.2. The van der Waals surface area contributed by atoms with Gasteiger partial charge in [-0.15, -0.1) is 0 Å². The molecular formula is C25H28ClN3O5. The number of piperidine rings is 1. The molecule has 4 rings (SSSR count). The van der Waals surface area contributed by atoms with Crippen LogP contribution in [-0.4, -0.2) is 54.6 Å². The molecule has 2 aliphatic heterocycles. The second kappa shape index (κ2) is 10.3. The van der Waals surface area contributed by atoms with Gasteiger partial charge in [0.25, 0.3) is 11.8 Å². The number of benzene rings is 2. The van der Waals surface area contributed by atoms with Crippen LogP contribution in [0.2, 0.25) is 5.02 Å². The van der Waals surface area contributed by atoms with Crippen LogP contribution >= 0.6 is 11.6 Å². The molecule has 2 aromatic rings. The van der Waals surface area contributed by atoms with Gasteiger partial charge >= 0.3 is 0 Å². The molecule has 1 saturated heterocycles. The molecule has 9 heteroatoms. The zero-order valence-corrected chi connectivity index (χ0v) is 19.9. The fourth-order valence-corrected chi connectivity index (χ4v) is 4.37. The Bertz CT molecular complexity index is 1060. The summed E-state index contributed by atoms with van der Waals surface area (Å²) in [5.74, 6) is 0.329. The minimum Gasteiger partial charge on any atom is -0.454 e. The number of hydrogen-bond donors (Lipinski definition) is 2. The van der Waals surface area contributed by atoms with Crippen molar-refractivity contribution in [1.82, 2.24) is 15.5 Å². The quantitative estimate of drug-likeness (QED) is 0.654. The largest absolute Gasteiger partial charge is 0.454 e. The number of rotatable bonds is 6. The van der Waals surface area contributed by atoms with Gasteiger partial charge in [0.2, 0.25) is 12.7 Å². The maximum atomic E-state index is 13.0. The van der Waals surface area contributed by atoms with Crippen molar-refractivity contribution in [2.24, 2.45) is 5.92 Å². The van der Waals surface area contributed by atoms with Gasteiger partial charge < -0.3 is 25.0 Å². The van der Waals surface area contributed by atoms with Crippen molar-refractivity contribution in [3.8, 4) is 11.5 Å². The van der Waals surface area contributed by atoms with Crippen LogP contribution in [0.5, 0.6) is 11.5 Å². The van der Waals surface area contributed by atoms with Crippen LogP contribution in [0.1, 0.15) is 47.4 Å². The highest BCUT2D eigenvalue weighted by Crippen LogP contribution is 2.32. The second-order valence-electron chi connectivity index (χ2n) is 8.82. The van der Waals surface area contributed by atoms with E-state index in [1.165, 1.54) is 0 Å². The molecule has 180 valence electrons. The molecular weight excluding hydrogens is 458 g/mol. The van der Waals surface area contributed by atoms with Gasteiger partial charge in [0.1, 0.15) is 6.04 Å². The third kappa shape index (κ3) is 5.44. The van der Waals surface area contributed by atoms with Crippen LogP contribution in [-0.2, 0) is 4.79 Å². The third-order valence-electron chi connectivity index (χ3n) is 6.02. The van der Waals surface area contributed by atoms with E-state index >= 15 is 0 Å². The van der Waals surface area contributed by atoms with Crippen molar-refractivity contribution in [2.45, 2.75) is 38.8 Å². The van der Waals surface area contributed by atoms with Crippen LogP contribution < -0.4 is 20.1 Å². The molecule has 0 aliphatic carbocycles. The highest BCUT2D eigenvalue weighted by Gasteiger charge is 2.34. The maximum Gasteiger partial charge on any atom is 0.253 e. The standard InChI is InChI=1S/C25H28ClN3O5/c1-15(2)27-24(31)22(28-23(30)18-5-8-20-21(13-18)34-14-33-20)16-9-11-29(12-10-16)25(32)17-3-6-19(26)7-4-17/h3-8,13,15-16,22H,9-12,14H2,1-2H3,(H,27,31)(H,28,30). The molecule has 2 aliphatic rings. The molecule has 1 fully saturated rings. The average Bonchev–Trinajstić information content (AvgIpc) is 3.30. The predicted molar refractivity (Wildman–Crippen MR) is 127 cm³/mol. The molecule has 1 unspecified atom stereocenters. The molecule has 0 bridgehead atoms. The summed E-state index contributed by atoms with van der Waals surface area (Å²) in [5, 5.41) is 6.40. The summed E-state index contributed by atoms with van der Waals surface area (Å²) in [7, 11) is 0. The fraction of sp³-hybridized carbons (Fsp3) is 0.400. The van der Waals surface area contributed by atoms with E-state index in [0.29, 0.717) is 53.6 Å². The number of fused-ring (bicyclic) bond motifs is 1. The summed E-state index contributed by atoms with van der Waals surface area (Å²) in [6.07, 6.45) is 1.19. The first-order chi connectivity index (χ1) is 16.3. The first-order valence-corrected chi connectivity index (χ1v) is 11.8. The van der Waals surface area contributed by atoms with E-state index in [-0.39, 0.29) is 36.5 Å². The van der Waals surface area contributed by atoms with Gasteiger partial charge in [-0.3, -0.25) is 14.4 Å². The van der Waals surface area contributed by atoms with E-state index in [1.807, 2.05) is 13.8 Å². The Balaban J connectivity index is 1.44. The molecule has 1 atom stereocenters. The van der Waals surface area contributed by atoms with Gasteiger partial charge in [-0.05, 0) is 75.1 Å². The number of hydrogen-bond acceptors (Lipinski definition) is 5. The first kappa shape index (κ1) is 23.9. The highest BCUT2D eigenvalue weighted by molar-refractivity contribution is 6.30. The lowest BCUT2D eigenvalue weighted by molar-refractivity contribution is -0.125. The summed E-state index contributed by atoms with van der Waals surface area (Å²) in [6, 6.07) is 11.0. The number of nitrogens with zero attached hydrogens (tertiary/aromatic N) is 1. The van der Waals surface area contributed by atoms with Crippen molar-refractivity contribution in [3.05, 3.63) is 58.6 Å². The van der Waals surface area contributed by atoms with E-state index < -0.39 is 6.04 Å². The average molecular weight is 486 g/mol. The summed E-state index contributed by atoms with van der Waals surface area (Å²) >= 11 is 5.92. The Morgan fingerprint density at radius 2 is 1.59 bits per heavy atom. The van der Waals surface area contributed by atoms with Crippen LogP contribution in [0.3, 0.4) is 0 Å². The Morgan fingerprint density at radius 1 is 0.941 bits per heavy atom. The molecule has 2 N–H and O–H groups in total. The minimum atomic E-state index is -0.715. The Labute approximate surface area is 203 Å². The van der Waals surface area contributed by atoms with Gasteiger partial charge in [-0.1, -0.05) is 11.6 Å². The van der Waals surface area contributed by atoms with Crippen molar-refractivity contribution >= 4 is 29.3 Å². The van der Waals surface area contributed by atoms with E-state index in [4.69, 9.17) is 21.1 Å². The van der Waals surface area contributed by atoms with Crippen LogP contribution in [0.15, 0.2) is 42.5 Å². The molecule has 0 aromatic heterocycles. The van der Waals surface area contributed by atoms with Gasteiger partial charge in [0, 0.05) is 35.3 Å². The molecule has 3 amide bonds. The lowest BCUT2D eigenvalue weighted by atomic mass is 9.88. The summed E-state index contributed by atoms with van der Waals surface area (Å²) in [6.45, 7) is 4.87. The smallest absolute Gasteiger partial charge is 0.253 e. The Hall–Kier alpha value is -3.26. The van der Waals surface area contributed by atoms with Crippen LogP contribution in [0, 0.1) is 5.92 Å². The van der Waals surface area contributed by atoms with Crippen LogP contribution in [0.25, 0.3) is 0 Å². The van der Waals surface area contributed by atoms with Crippen LogP contribution in [0.4, 0.5) is 0 Å². The molecule has 34 heavy (non-hydrogen) atoms. The second-order valence-corrected chi connectivity index (χ2v) is 9.26. The molecule has 2 heterocycles. The number of amides is 3. The number of halogens is 1. The van der Waals surface area contributed by atoms with E-state index in [9.17, 15) is 14.4 Å². The molecule has 0 saturated carbocycles. The lowest BCUT2D eigenvalue weighted by Gasteiger charge is -2.36. The maximum absolute atomic E-state index is 13.0. The number of carbonyl (C=O) groups excluding carboxylic acids is 3. The number of likely N-dealkylation sites (tertiary alicyclic amines) is 1. The van der Waals surface area contributed by atoms with Gasteiger partial charge in [0.15, 0.2) is 11.5 Å². The topological polar surface area (TPSA) is 97.0 Å². The lowest BCUT2D eigenvalue weighted by Crippen LogP contribution is -2.54. The van der Waals surface area contributed by atoms with Crippen molar-refractivity contribution in [2.75, 3.05) is 19.9 Å². The van der Waals surface area contributed by atoms with Gasteiger partial charge in [-0.25, -0.2) is 0 Å². The minimum absolute atomic E-state index is 0.0657. The summed E-state index contributed by atoms with van der Waals surface area (Å²) in [5.41, 5.74) is 0.968. The SMILES string of the molecule is CC(C)NC(=O)C(NC(=O)c1ccc2c(c1)OCO2)C1CCN(C(=O)c2ccc(Cl)cc2)CC1.